The smallest absolute Gasteiger partial charge is 0.315 e. The Bertz CT molecular complexity index is 1610. The van der Waals surface area contributed by atoms with Crippen LogP contribution in [-0.2, 0) is 29.0 Å². The van der Waals surface area contributed by atoms with E-state index in [0.717, 1.165) is 0 Å². The van der Waals surface area contributed by atoms with Crippen molar-refractivity contribution >= 4 is 39.4 Å². The van der Waals surface area contributed by atoms with Crippen molar-refractivity contribution in [3.63, 3.8) is 0 Å². The third kappa shape index (κ3) is 7.92. The molecule has 260 valence electrons. The molecule has 48 heavy (non-hydrogen) atoms. The summed E-state index contributed by atoms with van der Waals surface area (Å²) in [5, 5.41) is 10.7. The number of urea groups is 1. The molecule has 2 aliphatic carbocycles. The van der Waals surface area contributed by atoms with Gasteiger partial charge in [-0.05, 0) is 54.1 Å². The molecule has 5 atom stereocenters. The molecular weight excluding hydrogens is 634 g/mol. The Morgan fingerprint density at radius 1 is 1.10 bits per heavy atom. The minimum Gasteiger partial charge on any atom is -0.346 e. The second kappa shape index (κ2) is 13.7. The van der Waals surface area contributed by atoms with Gasteiger partial charge in [0, 0.05) is 19.5 Å². The third-order valence-corrected chi connectivity index (χ3v) is 11.7. The van der Waals surface area contributed by atoms with Crippen molar-refractivity contribution in [1.82, 2.24) is 26.2 Å². The van der Waals surface area contributed by atoms with Crippen molar-refractivity contribution in [2.45, 2.75) is 88.9 Å². The first-order chi connectivity index (χ1) is 22.4. The van der Waals surface area contributed by atoms with Crippen LogP contribution in [0.1, 0.15) is 60.3 Å². The van der Waals surface area contributed by atoms with Gasteiger partial charge in [-0.15, -0.1) is 18.9 Å². The minimum absolute atomic E-state index is 0.0142. The van der Waals surface area contributed by atoms with Gasteiger partial charge in [0.25, 0.3) is 5.91 Å². The predicted octanol–water partition coefficient (Wildman–Crippen LogP) is 1.96. The average Bonchev–Trinajstić information content (AvgIpc) is 3.80. The number of carbonyl (C=O) groups is 5. The molecule has 1 aliphatic heterocycles. The molecule has 12 nitrogen and oxygen atoms in total. The summed E-state index contributed by atoms with van der Waals surface area (Å²) in [6, 6.07) is 4.13. The lowest BCUT2D eigenvalue weighted by atomic mass is 9.85. The fourth-order valence-electron chi connectivity index (χ4n) is 6.73. The van der Waals surface area contributed by atoms with Gasteiger partial charge >= 0.3 is 6.03 Å². The summed E-state index contributed by atoms with van der Waals surface area (Å²) in [6.07, 6.45) is 7.95. The Morgan fingerprint density at radius 3 is 2.31 bits per heavy atom. The van der Waals surface area contributed by atoms with E-state index < -0.39 is 68.5 Å². The van der Waals surface area contributed by atoms with Crippen LogP contribution >= 0.6 is 0 Å². The quantitative estimate of drug-likeness (QED) is 0.132. The summed E-state index contributed by atoms with van der Waals surface area (Å²) in [7, 11) is -3.68. The Morgan fingerprint density at radius 2 is 1.75 bits per heavy atom. The van der Waals surface area contributed by atoms with E-state index in [-0.39, 0.29) is 53.8 Å². The van der Waals surface area contributed by atoms with Crippen molar-refractivity contribution < 1.29 is 32.4 Å². The number of hydrogen-bond donors (Lipinski definition) is 4. The van der Waals surface area contributed by atoms with Gasteiger partial charge in [0.05, 0.1) is 22.2 Å². The number of carbonyl (C=O) groups excluding carboxylic acids is 5. The zero-order chi connectivity index (χ0) is 35.7. The Labute approximate surface area is 283 Å². The lowest BCUT2D eigenvalue weighted by Crippen LogP contribution is -2.62. The molecule has 2 saturated carbocycles. The lowest BCUT2D eigenvalue weighted by Gasteiger charge is -2.38. The maximum Gasteiger partial charge on any atom is 0.315 e. The molecule has 3 aliphatic rings. The third-order valence-electron chi connectivity index (χ3n) is 9.79. The molecule has 1 aromatic rings. The van der Waals surface area contributed by atoms with Gasteiger partial charge in [-0.25, -0.2) is 13.2 Å². The molecule has 1 heterocycles. The summed E-state index contributed by atoms with van der Waals surface area (Å²) in [5.41, 5.74) is -1.99. The van der Waals surface area contributed by atoms with Crippen LogP contribution in [0.5, 0.6) is 0 Å². The summed E-state index contributed by atoms with van der Waals surface area (Å²) in [4.78, 5) is 68.7. The van der Waals surface area contributed by atoms with Crippen molar-refractivity contribution in [3.05, 3.63) is 43.0 Å². The zero-order valence-corrected chi connectivity index (χ0v) is 29.1. The van der Waals surface area contributed by atoms with Crippen LogP contribution in [0.4, 0.5) is 4.79 Å². The van der Waals surface area contributed by atoms with E-state index in [1.165, 1.54) is 23.1 Å². The molecule has 1 saturated heterocycles. The topological polar surface area (TPSA) is 171 Å². The molecule has 0 radical (unpaired) electrons. The number of terminal acetylenes is 1. The standard InChI is InChI=1S/C35H47N5O7S/c1-8-10-16-24(27(41)30(43)36-19-9-2)37-29(42)26-25-23(34(25,6)7)20-40(26)31(44)28(33(3,4)5)38-32(45)39-35(17-18-35)21-48(46,47)22-14-12-11-13-15-22/h1,9,11-15,23-26,28H,2,10,16-21H2,3-7H3,(H,36,43)(H,37,42)(H2,38,39,45)/t23-,24?,25-,26-,28+/m0/s1. The van der Waals surface area contributed by atoms with Crippen molar-refractivity contribution in [2.24, 2.45) is 22.7 Å². The zero-order valence-electron chi connectivity index (χ0n) is 28.3. The van der Waals surface area contributed by atoms with E-state index in [9.17, 15) is 32.4 Å². The van der Waals surface area contributed by atoms with Gasteiger partial charge < -0.3 is 26.2 Å². The van der Waals surface area contributed by atoms with Crippen molar-refractivity contribution in [3.8, 4) is 12.3 Å². The van der Waals surface area contributed by atoms with Gasteiger partial charge in [0.1, 0.15) is 12.1 Å². The fourth-order valence-corrected chi connectivity index (χ4v) is 8.56. The predicted molar refractivity (Wildman–Crippen MR) is 180 cm³/mol. The van der Waals surface area contributed by atoms with E-state index in [1.807, 2.05) is 13.8 Å². The van der Waals surface area contributed by atoms with Crippen molar-refractivity contribution in [2.75, 3.05) is 18.8 Å². The number of sulfone groups is 1. The van der Waals surface area contributed by atoms with Gasteiger partial charge in [-0.2, -0.15) is 0 Å². The van der Waals surface area contributed by atoms with Crippen LogP contribution in [0.15, 0.2) is 47.9 Å². The average molecular weight is 682 g/mol. The van der Waals surface area contributed by atoms with Crippen LogP contribution in [0.3, 0.4) is 0 Å². The number of amides is 5. The Balaban J connectivity index is 1.51. The monoisotopic (exact) mass is 681 g/mol. The molecule has 0 bridgehead atoms. The SMILES string of the molecule is C#CCCC(NC(=O)[C@@H]1[C@@H]2[C@H](CN1C(=O)[C@@H](NC(=O)NC1(CS(=O)(=O)c3ccccc3)CC1)C(C)(C)C)C2(C)C)C(=O)C(=O)NCC=C. The largest absolute Gasteiger partial charge is 0.346 e. The second-order valence-corrected chi connectivity index (χ2v) is 16.8. The first kappa shape index (κ1) is 36.7. The number of benzene rings is 1. The van der Waals surface area contributed by atoms with E-state index in [4.69, 9.17) is 6.42 Å². The highest BCUT2D eigenvalue weighted by atomic mass is 32.2. The number of piperidine rings is 1. The number of Topliss-reactive ketones (excluding diaryl/α,β-unsaturated/α-hetero) is 1. The number of nitrogens with zero attached hydrogens (tertiary/aromatic N) is 1. The first-order valence-corrected chi connectivity index (χ1v) is 17.9. The highest BCUT2D eigenvalue weighted by Crippen LogP contribution is 2.65. The Kier molecular flexibility index (Phi) is 10.5. The number of hydrogen-bond acceptors (Lipinski definition) is 7. The maximum absolute atomic E-state index is 14.3. The molecule has 3 fully saturated rings. The molecule has 4 rings (SSSR count). The number of likely N-dealkylation sites (tertiary alicyclic amines) is 1. The maximum atomic E-state index is 14.3. The van der Waals surface area contributed by atoms with Gasteiger partial charge in [0.2, 0.25) is 17.6 Å². The van der Waals surface area contributed by atoms with E-state index in [2.05, 4.69) is 33.8 Å². The molecule has 13 heteroatoms. The van der Waals surface area contributed by atoms with Crippen LogP contribution < -0.4 is 21.3 Å². The first-order valence-electron chi connectivity index (χ1n) is 16.2. The number of rotatable bonds is 14. The summed E-state index contributed by atoms with van der Waals surface area (Å²) in [5.74, 6) is -0.812. The molecular formula is C35H47N5O7S. The van der Waals surface area contributed by atoms with Crippen LogP contribution in [0.2, 0.25) is 0 Å². The second-order valence-electron chi connectivity index (χ2n) is 14.8. The normalized spacial score (nSPS) is 22.9. The van der Waals surface area contributed by atoms with E-state index in [0.29, 0.717) is 12.8 Å². The van der Waals surface area contributed by atoms with Crippen LogP contribution in [0, 0.1) is 35.0 Å². The number of ketones is 1. The minimum atomic E-state index is -3.68. The number of fused-ring (bicyclic) bond motifs is 1. The van der Waals surface area contributed by atoms with Crippen molar-refractivity contribution in [1.29, 1.82) is 0 Å². The lowest BCUT2D eigenvalue weighted by molar-refractivity contribution is -0.145. The summed E-state index contributed by atoms with van der Waals surface area (Å²) >= 11 is 0. The van der Waals surface area contributed by atoms with Crippen LogP contribution in [0.25, 0.3) is 0 Å². The Hall–Kier alpha value is -4.18. The molecule has 4 N–H and O–H groups in total. The molecule has 1 aromatic carbocycles. The van der Waals surface area contributed by atoms with E-state index in [1.54, 1.807) is 39.0 Å². The van der Waals surface area contributed by atoms with Gasteiger partial charge in [0.15, 0.2) is 9.84 Å². The highest BCUT2D eigenvalue weighted by Gasteiger charge is 2.70. The highest BCUT2D eigenvalue weighted by molar-refractivity contribution is 7.91. The molecule has 5 amide bonds. The molecule has 0 spiro atoms. The van der Waals surface area contributed by atoms with Crippen LogP contribution in [-0.4, -0.2) is 85.4 Å². The fraction of sp³-hybridized carbons (Fsp3) is 0.571. The van der Waals surface area contributed by atoms with Gasteiger partial charge in [-0.3, -0.25) is 19.2 Å². The molecule has 1 unspecified atom stereocenters. The van der Waals surface area contributed by atoms with E-state index >= 15 is 0 Å². The summed E-state index contributed by atoms with van der Waals surface area (Å²) in [6.45, 7) is 13.2. The number of nitrogens with one attached hydrogen (secondary N) is 4. The molecule has 0 aromatic heterocycles. The summed E-state index contributed by atoms with van der Waals surface area (Å²) < 4.78 is 26.1. The van der Waals surface area contributed by atoms with Gasteiger partial charge in [-0.1, -0.05) is 58.9 Å².